The fraction of sp³-hybridized carbons (Fsp3) is 0.333. The van der Waals surface area contributed by atoms with E-state index < -0.39 is 0 Å². The highest BCUT2D eigenvalue weighted by Gasteiger charge is 2.03. The van der Waals surface area contributed by atoms with E-state index in [1.807, 2.05) is 0 Å². The third-order valence-electron chi connectivity index (χ3n) is 1.57. The Balaban J connectivity index is 2.52. The highest BCUT2D eigenvalue weighted by atomic mass is 14.8. The molecule has 1 N–H and O–H groups in total. The van der Waals surface area contributed by atoms with Crippen LogP contribution in [0.15, 0.2) is 36.7 Å². The van der Waals surface area contributed by atoms with Gasteiger partial charge in [0.25, 0.3) is 0 Å². The average molecular weight is 135 g/mol. The molecule has 0 aromatic heterocycles. The van der Waals surface area contributed by atoms with Crippen LogP contribution in [0.25, 0.3) is 0 Å². The second-order valence-corrected chi connectivity index (χ2v) is 2.61. The van der Waals surface area contributed by atoms with Crippen LogP contribution in [0, 0.1) is 5.92 Å². The van der Waals surface area contributed by atoms with E-state index in [0.29, 0.717) is 5.92 Å². The number of rotatable bonds is 2. The van der Waals surface area contributed by atoms with Crippen LogP contribution >= 0.6 is 0 Å². The van der Waals surface area contributed by atoms with Gasteiger partial charge in [0, 0.05) is 5.70 Å². The molecule has 54 valence electrons. The lowest BCUT2D eigenvalue weighted by atomic mass is 10.0. The zero-order valence-corrected chi connectivity index (χ0v) is 6.30. The predicted octanol–water partition coefficient (Wildman–Crippen LogP) is 2.20. The van der Waals surface area contributed by atoms with E-state index in [-0.39, 0.29) is 0 Å². The average Bonchev–Trinajstić information content (AvgIpc) is 1.88. The Hall–Kier alpha value is -0.980. The van der Waals surface area contributed by atoms with E-state index in [1.54, 1.807) is 6.20 Å². The summed E-state index contributed by atoms with van der Waals surface area (Å²) in [6, 6.07) is 0. The molecule has 1 unspecified atom stereocenters. The van der Waals surface area contributed by atoms with Crippen molar-refractivity contribution in [2.24, 2.45) is 5.92 Å². The lowest BCUT2D eigenvalue weighted by molar-refractivity contribution is 0.680. The van der Waals surface area contributed by atoms with Crippen LogP contribution in [0.3, 0.4) is 0 Å². The van der Waals surface area contributed by atoms with E-state index in [2.05, 4.69) is 37.0 Å². The maximum absolute atomic E-state index is 3.60. The Morgan fingerprint density at radius 3 is 3.20 bits per heavy atom. The molecule has 0 fully saturated rings. The van der Waals surface area contributed by atoms with Gasteiger partial charge in [-0.25, -0.2) is 0 Å². The third-order valence-corrected chi connectivity index (χ3v) is 1.57. The summed E-state index contributed by atoms with van der Waals surface area (Å²) in [6.45, 7) is 5.81. The van der Waals surface area contributed by atoms with Gasteiger partial charge in [-0.1, -0.05) is 25.7 Å². The van der Waals surface area contributed by atoms with Gasteiger partial charge in [0.1, 0.15) is 0 Å². The maximum Gasteiger partial charge on any atom is 0.0152 e. The molecule has 0 spiro atoms. The Bertz CT molecular complexity index is 177. The molecule has 1 aliphatic rings. The molecule has 1 atom stereocenters. The number of hydrogen-bond acceptors (Lipinski definition) is 1. The Morgan fingerprint density at radius 2 is 2.60 bits per heavy atom. The van der Waals surface area contributed by atoms with E-state index in [0.717, 1.165) is 6.42 Å². The number of nitrogens with one attached hydrogen (secondary N) is 1. The van der Waals surface area contributed by atoms with Gasteiger partial charge >= 0.3 is 0 Å². The topological polar surface area (TPSA) is 12.0 Å². The van der Waals surface area contributed by atoms with Crippen molar-refractivity contribution in [1.29, 1.82) is 0 Å². The normalized spacial score (nSPS) is 23.7. The zero-order valence-electron chi connectivity index (χ0n) is 6.30. The first-order valence-electron chi connectivity index (χ1n) is 3.57. The molecule has 0 amide bonds. The monoisotopic (exact) mass is 135 g/mol. The van der Waals surface area contributed by atoms with Crippen LogP contribution in [0.2, 0.25) is 0 Å². The molecule has 1 nitrogen and oxygen atoms in total. The lowest BCUT2D eigenvalue weighted by Crippen LogP contribution is -2.09. The van der Waals surface area contributed by atoms with Gasteiger partial charge in [0.05, 0.1) is 0 Å². The SMILES string of the molecule is C=CNC1=CC=CC(C)C1. The minimum Gasteiger partial charge on any atom is -0.366 e. The van der Waals surface area contributed by atoms with E-state index in [9.17, 15) is 0 Å². The molecule has 0 heterocycles. The Morgan fingerprint density at radius 1 is 1.80 bits per heavy atom. The van der Waals surface area contributed by atoms with E-state index in [1.165, 1.54) is 5.70 Å². The van der Waals surface area contributed by atoms with Crippen LogP contribution in [0.5, 0.6) is 0 Å². The number of hydrogen-bond donors (Lipinski definition) is 1. The van der Waals surface area contributed by atoms with Crippen molar-refractivity contribution in [2.75, 3.05) is 0 Å². The quantitative estimate of drug-likeness (QED) is 0.612. The molecule has 0 radical (unpaired) electrons. The van der Waals surface area contributed by atoms with E-state index >= 15 is 0 Å². The second-order valence-electron chi connectivity index (χ2n) is 2.61. The van der Waals surface area contributed by atoms with Crippen LogP contribution < -0.4 is 5.32 Å². The minimum atomic E-state index is 0.660. The van der Waals surface area contributed by atoms with Crippen molar-refractivity contribution in [2.45, 2.75) is 13.3 Å². The van der Waals surface area contributed by atoms with Crippen molar-refractivity contribution in [3.8, 4) is 0 Å². The molecule has 1 rings (SSSR count). The smallest absolute Gasteiger partial charge is 0.0152 e. The first-order chi connectivity index (χ1) is 4.83. The van der Waals surface area contributed by atoms with Gasteiger partial charge in [-0.05, 0) is 24.6 Å². The highest BCUT2D eigenvalue weighted by Crippen LogP contribution is 2.14. The molecule has 0 aromatic rings. The van der Waals surface area contributed by atoms with Gasteiger partial charge in [0.2, 0.25) is 0 Å². The first-order valence-corrected chi connectivity index (χ1v) is 3.57. The number of allylic oxidation sites excluding steroid dienone is 4. The van der Waals surface area contributed by atoms with Crippen LogP contribution in [0.1, 0.15) is 13.3 Å². The van der Waals surface area contributed by atoms with Gasteiger partial charge in [-0.15, -0.1) is 0 Å². The largest absolute Gasteiger partial charge is 0.366 e. The van der Waals surface area contributed by atoms with Gasteiger partial charge in [-0.3, -0.25) is 0 Å². The molecular formula is C9H13N. The molecule has 1 heteroatoms. The summed E-state index contributed by atoms with van der Waals surface area (Å²) < 4.78 is 0. The minimum absolute atomic E-state index is 0.660. The highest BCUT2D eigenvalue weighted by molar-refractivity contribution is 5.18. The van der Waals surface area contributed by atoms with E-state index in [4.69, 9.17) is 0 Å². The molecule has 0 saturated heterocycles. The molecule has 10 heavy (non-hydrogen) atoms. The molecule has 0 aliphatic heterocycles. The van der Waals surface area contributed by atoms with Crippen molar-refractivity contribution >= 4 is 0 Å². The first kappa shape index (κ1) is 7.13. The third kappa shape index (κ3) is 1.76. The summed E-state index contributed by atoms with van der Waals surface area (Å²) in [6.07, 6.45) is 9.19. The predicted molar refractivity (Wildman–Crippen MR) is 44.3 cm³/mol. The van der Waals surface area contributed by atoms with Crippen molar-refractivity contribution in [3.63, 3.8) is 0 Å². The van der Waals surface area contributed by atoms with Crippen molar-refractivity contribution in [3.05, 3.63) is 36.7 Å². The summed E-state index contributed by atoms with van der Waals surface area (Å²) in [5.74, 6) is 0.660. The summed E-state index contributed by atoms with van der Waals surface area (Å²) in [4.78, 5) is 0. The fourth-order valence-electron chi connectivity index (χ4n) is 1.08. The molecule has 0 saturated carbocycles. The van der Waals surface area contributed by atoms with Crippen LogP contribution in [-0.4, -0.2) is 0 Å². The van der Waals surface area contributed by atoms with Gasteiger partial charge in [-0.2, -0.15) is 0 Å². The second kappa shape index (κ2) is 3.25. The standard InChI is InChI=1S/C9H13N/c1-3-10-9-6-4-5-8(2)7-9/h3-6,8,10H,1,7H2,2H3. The zero-order chi connectivity index (χ0) is 7.40. The summed E-state index contributed by atoms with van der Waals surface area (Å²) in [5, 5.41) is 3.09. The van der Waals surface area contributed by atoms with Gasteiger partial charge in [0.15, 0.2) is 0 Å². The van der Waals surface area contributed by atoms with Crippen molar-refractivity contribution < 1.29 is 0 Å². The van der Waals surface area contributed by atoms with Gasteiger partial charge < -0.3 is 5.32 Å². The summed E-state index contributed by atoms with van der Waals surface area (Å²) in [7, 11) is 0. The van der Waals surface area contributed by atoms with Crippen LogP contribution in [0.4, 0.5) is 0 Å². The fourth-order valence-corrected chi connectivity index (χ4v) is 1.08. The molecular weight excluding hydrogens is 122 g/mol. The molecule has 0 aromatic carbocycles. The molecule has 0 bridgehead atoms. The Labute approximate surface area is 62.1 Å². The summed E-state index contributed by atoms with van der Waals surface area (Å²) in [5.41, 5.74) is 1.25. The van der Waals surface area contributed by atoms with Crippen molar-refractivity contribution in [1.82, 2.24) is 5.32 Å². The Kier molecular flexibility index (Phi) is 2.32. The molecule has 1 aliphatic carbocycles. The van der Waals surface area contributed by atoms with Crippen LogP contribution in [-0.2, 0) is 0 Å². The lowest BCUT2D eigenvalue weighted by Gasteiger charge is -2.13. The summed E-state index contributed by atoms with van der Waals surface area (Å²) >= 11 is 0. The maximum atomic E-state index is 3.60.